The van der Waals surface area contributed by atoms with Crippen LogP contribution in [0.5, 0.6) is 0 Å². The van der Waals surface area contributed by atoms with E-state index in [1.807, 2.05) is 12.1 Å². The SMILES string of the molecule is CCCCC1CCc2c(ccc3c2CCC(c2ccc(C#N)c(F)c2)C3)C1. The van der Waals surface area contributed by atoms with Gasteiger partial charge in [0, 0.05) is 0 Å². The Morgan fingerprint density at radius 1 is 1.04 bits per heavy atom. The first kappa shape index (κ1) is 18.2. The van der Waals surface area contributed by atoms with Crippen LogP contribution in [0.4, 0.5) is 4.39 Å². The summed E-state index contributed by atoms with van der Waals surface area (Å²) in [6, 6.07) is 11.8. The fourth-order valence-electron chi connectivity index (χ4n) is 5.14. The molecule has 2 aliphatic carbocycles. The van der Waals surface area contributed by atoms with Crippen LogP contribution < -0.4 is 0 Å². The lowest BCUT2D eigenvalue weighted by Crippen LogP contribution is -2.20. The van der Waals surface area contributed by atoms with Crippen LogP contribution in [0, 0.1) is 23.1 Å². The number of benzene rings is 2. The van der Waals surface area contributed by atoms with Gasteiger partial charge in [-0.1, -0.05) is 44.4 Å². The molecule has 0 saturated heterocycles. The smallest absolute Gasteiger partial charge is 0.141 e. The molecule has 0 fully saturated rings. The van der Waals surface area contributed by atoms with Crippen LogP contribution in [0.3, 0.4) is 0 Å². The van der Waals surface area contributed by atoms with E-state index in [0.29, 0.717) is 5.92 Å². The summed E-state index contributed by atoms with van der Waals surface area (Å²) in [4.78, 5) is 0. The Hall–Kier alpha value is -2.14. The summed E-state index contributed by atoms with van der Waals surface area (Å²) >= 11 is 0. The van der Waals surface area contributed by atoms with Gasteiger partial charge in [-0.2, -0.15) is 5.26 Å². The fourth-order valence-corrected chi connectivity index (χ4v) is 5.14. The molecule has 2 unspecified atom stereocenters. The van der Waals surface area contributed by atoms with E-state index in [4.69, 9.17) is 5.26 Å². The van der Waals surface area contributed by atoms with E-state index in [9.17, 15) is 4.39 Å². The fraction of sp³-hybridized carbons (Fsp3) is 0.480. The van der Waals surface area contributed by atoms with E-state index < -0.39 is 0 Å². The first-order chi connectivity index (χ1) is 13.2. The normalized spacial score (nSPS) is 21.2. The second-order valence-electron chi connectivity index (χ2n) is 8.38. The molecule has 1 nitrogen and oxygen atoms in total. The molecule has 2 atom stereocenters. The minimum absolute atomic E-state index is 0.140. The number of unbranched alkanes of at least 4 members (excludes halogenated alkanes) is 1. The quantitative estimate of drug-likeness (QED) is 0.630. The Labute approximate surface area is 162 Å². The highest BCUT2D eigenvalue weighted by atomic mass is 19.1. The van der Waals surface area contributed by atoms with Crippen molar-refractivity contribution in [2.45, 2.75) is 70.6 Å². The van der Waals surface area contributed by atoms with E-state index in [0.717, 1.165) is 30.7 Å². The minimum Gasteiger partial charge on any atom is -0.206 e. The molecule has 0 radical (unpaired) electrons. The average molecular weight is 362 g/mol. The van der Waals surface area contributed by atoms with Gasteiger partial charge in [-0.25, -0.2) is 4.39 Å². The first-order valence-electron chi connectivity index (χ1n) is 10.5. The van der Waals surface area contributed by atoms with Crippen molar-refractivity contribution in [3.63, 3.8) is 0 Å². The zero-order valence-corrected chi connectivity index (χ0v) is 16.2. The Morgan fingerprint density at radius 3 is 2.48 bits per heavy atom. The number of hydrogen-bond donors (Lipinski definition) is 0. The van der Waals surface area contributed by atoms with E-state index >= 15 is 0 Å². The van der Waals surface area contributed by atoms with Gasteiger partial charge in [-0.15, -0.1) is 0 Å². The lowest BCUT2D eigenvalue weighted by molar-refractivity contribution is 0.410. The number of rotatable bonds is 4. The summed E-state index contributed by atoms with van der Waals surface area (Å²) in [7, 11) is 0. The summed E-state index contributed by atoms with van der Waals surface area (Å²) in [5, 5.41) is 8.94. The van der Waals surface area contributed by atoms with Crippen molar-refractivity contribution >= 4 is 0 Å². The van der Waals surface area contributed by atoms with E-state index in [1.165, 1.54) is 44.1 Å². The Morgan fingerprint density at radius 2 is 1.78 bits per heavy atom. The molecule has 2 heteroatoms. The third-order valence-electron chi connectivity index (χ3n) is 6.70. The highest BCUT2D eigenvalue weighted by Gasteiger charge is 2.27. The molecule has 27 heavy (non-hydrogen) atoms. The molecule has 0 heterocycles. The maximum absolute atomic E-state index is 14.0. The van der Waals surface area contributed by atoms with Crippen LogP contribution in [-0.2, 0) is 25.7 Å². The van der Waals surface area contributed by atoms with Gasteiger partial charge in [0.1, 0.15) is 11.9 Å². The molecule has 0 spiro atoms. The zero-order chi connectivity index (χ0) is 18.8. The molecule has 2 aromatic carbocycles. The van der Waals surface area contributed by atoms with Crippen molar-refractivity contribution < 1.29 is 4.39 Å². The summed E-state index contributed by atoms with van der Waals surface area (Å²) in [5.74, 6) is 0.844. The molecule has 0 saturated carbocycles. The summed E-state index contributed by atoms with van der Waals surface area (Å²) in [6.45, 7) is 2.28. The van der Waals surface area contributed by atoms with Crippen LogP contribution >= 0.6 is 0 Å². The number of halogens is 1. The third-order valence-corrected chi connectivity index (χ3v) is 6.70. The number of nitrogens with zero attached hydrogens (tertiary/aromatic N) is 1. The molecule has 0 aromatic heterocycles. The second kappa shape index (κ2) is 7.85. The molecular formula is C25H28FN. The lowest BCUT2D eigenvalue weighted by Gasteiger charge is -2.32. The predicted octanol–water partition coefficient (Wildman–Crippen LogP) is 6.26. The summed E-state index contributed by atoms with van der Waals surface area (Å²) in [5.41, 5.74) is 7.44. The monoisotopic (exact) mass is 361 g/mol. The number of hydrogen-bond acceptors (Lipinski definition) is 1. The van der Waals surface area contributed by atoms with E-state index in [1.54, 1.807) is 28.8 Å². The first-order valence-corrected chi connectivity index (χ1v) is 10.5. The van der Waals surface area contributed by atoms with Crippen molar-refractivity contribution in [3.8, 4) is 6.07 Å². The topological polar surface area (TPSA) is 23.8 Å². The molecule has 0 aliphatic heterocycles. The zero-order valence-electron chi connectivity index (χ0n) is 16.2. The Balaban J connectivity index is 1.53. The Bertz CT molecular complexity index is 877. The highest BCUT2D eigenvalue weighted by Crippen LogP contribution is 2.39. The van der Waals surface area contributed by atoms with Crippen LogP contribution in [0.1, 0.15) is 78.3 Å². The summed E-state index contributed by atoms with van der Waals surface area (Å²) < 4.78 is 14.0. The minimum atomic E-state index is -0.385. The molecule has 0 N–H and O–H groups in total. The number of fused-ring (bicyclic) bond motifs is 3. The van der Waals surface area contributed by atoms with Gasteiger partial charge in [0.05, 0.1) is 5.56 Å². The lowest BCUT2D eigenvalue weighted by atomic mass is 9.73. The van der Waals surface area contributed by atoms with Crippen molar-refractivity contribution in [1.29, 1.82) is 5.26 Å². The van der Waals surface area contributed by atoms with Gasteiger partial charge in [-0.3, -0.25) is 0 Å². The maximum Gasteiger partial charge on any atom is 0.141 e. The van der Waals surface area contributed by atoms with Crippen molar-refractivity contribution in [2.75, 3.05) is 0 Å². The molecule has 2 aliphatic rings. The van der Waals surface area contributed by atoms with Gasteiger partial charge in [0.25, 0.3) is 0 Å². The summed E-state index contributed by atoms with van der Waals surface area (Å²) in [6.07, 6.45) is 11.0. The van der Waals surface area contributed by atoms with Crippen LogP contribution in [-0.4, -0.2) is 0 Å². The van der Waals surface area contributed by atoms with Crippen molar-refractivity contribution in [3.05, 3.63) is 69.5 Å². The standard InChI is InChI=1S/C25H28FN/c1-2-3-4-17-5-11-23-20(13-17)7-8-21-14-18(10-12-24(21)23)19-6-9-22(16-27)25(26)15-19/h6-9,15,17-18H,2-5,10-14H2,1H3. The van der Waals surface area contributed by atoms with Gasteiger partial charge < -0.3 is 0 Å². The van der Waals surface area contributed by atoms with Crippen LogP contribution in [0.15, 0.2) is 30.3 Å². The molecule has 2 aromatic rings. The van der Waals surface area contributed by atoms with Gasteiger partial charge in [0.2, 0.25) is 0 Å². The van der Waals surface area contributed by atoms with E-state index in [2.05, 4.69) is 19.1 Å². The predicted molar refractivity (Wildman–Crippen MR) is 107 cm³/mol. The molecule has 0 bridgehead atoms. The highest BCUT2D eigenvalue weighted by molar-refractivity contribution is 5.46. The molecule has 4 rings (SSSR count). The number of nitriles is 1. The maximum atomic E-state index is 14.0. The largest absolute Gasteiger partial charge is 0.206 e. The van der Waals surface area contributed by atoms with Gasteiger partial charge >= 0.3 is 0 Å². The average Bonchev–Trinajstić information content (AvgIpc) is 2.71. The van der Waals surface area contributed by atoms with Gasteiger partial charge in [-0.05, 0) is 90.3 Å². The van der Waals surface area contributed by atoms with Crippen molar-refractivity contribution in [2.24, 2.45) is 5.92 Å². The second-order valence-corrected chi connectivity index (χ2v) is 8.38. The molecular weight excluding hydrogens is 333 g/mol. The van der Waals surface area contributed by atoms with E-state index in [-0.39, 0.29) is 11.4 Å². The third kappa shape index (κ3) is 3.65. The molecule has 0 amide bonds. The van der Waals surface area contributed by atoms with Gasteiger partial charge in [0.15, 0.2) is 0 Å². The van der Waals surface area contributed by atoms with Crippen LogP contribution in [0.2, 0.25) is 0 Å². The molecule has 140 valence electrons. The Kier molecular flexibility index (Phi) is 5.30. The van der Waals surface area contributed by atoms with Crippen LogP contribution in [0.25, 0.3) is 0 Å². The van der Waals surface area contributed by atoms with Crippen molar-refractivity contribution in [1.82, 2.24) is 0 Å².